The second-order valence-electron chi connectivity index (χ2n) is 6.69. The molecule has 0 fully saturated rings. The van der Waals surface area contributed by atoms with Crippen molar-refractivity contribution in [2.45, 2.75) is 35.7 Å². The first-order chi connectivity index (χ1) is 14.1. The number of rotatable bonds is 7. The molecule has 0 aliphatic carbocycles. The second-order valence-corrected chi connectivity index (χ2v) is 9.15. The van der Waals surface area contributed by atoms with Gasteiger partial charge >= 0.3 is 5.97 Å². The summed E-state index contributed by atoms with van der Waals surface area (Å²) in [5, 5.41) is 8.93. The number of aromatic nitrogens is 2. The predicted molar refractivity (Wildman–Crippen MR) is 118 cm³/mol. The van der Waals surface area contributed by atoms with Gasteiger partial charge in [0.15, 0.2) is 0 Å². The lowest BCUT2D eigenvalue weighted by Gasteiger charge is -2.36. The first-order valence-electron chi connectivity index (χ1n) is 9.46. The Morgan fingerprint density at radius 3 is 2.76 bits per heavy atom. The minimum absolute atomic E-state index is 0.0191. The molecular formula is C22H24N2O3S2. The highest BCUT2D eigenvalue weighted by Crippen LogP contribution is 2.52. The van der Waals surface area contributed by atoms with Crippen molar-refractivity contribution < 1.29 is 14.6 Å². The van der Waals surface area contributed by atoms with Gasteiger partial charge in [-0.1, -0.05) is 11.8 Å². The summed E-state index contributed by atoms with van der Waals surface area (Å²) in [5.41, 5.74) is 2.09. The molecule has 0 radical (unpaired) electrons. The molecule has 5 nitrogen and oxygen atoms in total. The van der Waals surface area contributed by atoms with Gasteiger partial charge in [0.25, 0.3) is 0 Å². The Morgan fingerprint density at radius 1 is 1.31 bits per heavy atom. The number of nitrogens with zero attached hydrogens (tertiary/aromatic N) is 2. The van der Waals surface area contributed by atoms with Gasteiger partial charge < -0.3 is 9.84 Å². The van der Waals surface area contributed by atoms with Crippen LogP contribution in [-0.2, 0) is 8.87 Å². The molecule has 0 bridgehead atoms. The summed E-state index contributed by atoms with van der Waals surface area (Å²) in [6.07, 6.45) is 9.86. The van der Waals surface area contributed by atoms with E-state index in [0.29, 0.717) is 18.7 Å². The van der Waals surface area contributed by atoms with Crippen LogP contribution in [0.5, 0.6) is 5.75 Å². The average Bonchev–Trinajstić information content (AvgIpc) is 2.76. The number of hydrogen-bond acceptors (Lipinski definition) is 6. The fourth-order valence-electron chi connectivity index (χ4n) is 3.35. The smallest absolute Gasteiger partial charge is 0.303 e. The zero-order valence-electron chi connectivity index (χ0n) is 16.6. The Morgan fingerprint density at radius 2 is 2.07 bits per heavy atom. The highest BCUT2D eigenvalue weighted by Gasteiger charge is 2.36. The van der Waals surface area contributed by atoms with Crippen LogP contribution in [0.25, 0.3) is 0 Å². The second kappa shape index (κ2) is 10.0. The molecule has 3 rings (SSSR count). The van der Waals surface area contributed by atoms with Crippen molar-refractivity contribution in [2.75, 3.05) is 19.1 Å². The summed E-state index contributed by atoms with van der Waals surface area (Å²) in [4.78, 5) is 19.5. The number of fused-ring (bicyclic) bond motifs is 1. The van der Waals surface area contributed by atoms with Crippen molar-refractivity contribution in [1.29, 1.82) is 0 Å². The molecule has 1 aliphatic heterocycles. The zero-order chi connectivity index (χ0) is 20.7. The van der Waals surface area contributed by atoms with Crippen LogP contribution in [0.15, 0.2) is 36.7 Å². The Labute approximate surface area is 180 Å². The summed E-state index contributed by atoms with van der Waals surface area (Å²) in [6.45, 7) is 0.719. The van der Waals surface area contributed by atoms with Crippen LogP contribution in [0.2, 0.25) is 0 Å². The van der Waals surface area contributed by atoms with E-state index in [1.807, 2.05) is 35.7 Å². The molecule has 0 saturated heterocycles. The number of carboxylic acid groups (broad SMARTS) is 1. The standard InChI is InChI=1S/C22H24N2O3S2/c1-28-22(29-2)11-14-27-19-10-8-16(15-18(19)22)7-9-17(5-3-6-20(25)26)21-23-12-4-13-24-21/h4,8,10,12-13,15,17H,3,5-6,11,14H2,1-2H3,(H,25,26). The highest BCUT2D eigenvalue weighted by molar-refractivity contribution is 8.16. The summed E-state index contributed by atoms with van der Waals surface area (Å²) in [5.74, 6) is 7.10. The largest absolute Gasteiger partial charge is 0.493 e. The molecule has 1 atom stereocenters. The van der Waals surface area contributed by atoms with Gasteiger partial charge in [0.1, 0.15) is 11.6 Å². The molecule has 152 valence electrons. The fraction of sp³-hybridized carbons (Fsp3) is 0.409. The maximum atomic E-state index is 10.9. The van der Waals surface area contributed by atoms with Crippen molar-refractivity contribution >= 4 is 29.5 Å². The summed E-state index contributed by atoms with van der Waals surface area (Å²) in [6, 6.07) is 7.86. The van der Waals surface area contributed by atoms with E-state index in [9.17, 15) is 4.79 Å². The Bertz CT molecular complexity index is 905. The first kappa shape index (κ1) is 21.5. The molecule has 2 heterocycles. The molecule has 1 unspecified atom stereocenters. The van der Waals surface area contributed by atoms with Gasteiger partial charge in [-0.3, -0.25) is 4.79 Å². The van der Waals surface area contributed by atoms with Gasteiger partial charge in [-0.25, -0.2) is 9.97 Å². The molecule has 29 heavy (non-hydrogen) atoms. The molecule has 1 aliphatic rings. The Hall–Kier alpha value is -2.17. The number of aliphatic carboxylic acids is 1. The quantitative estimate of drug-likeness (QED) is 0.513. The van der Waals surface area contributed by atoms with Crippen molar-refractivity contribution in [3.8, 4) is 17.6 Å². The van der Waals surface area contributed by atoms with Gasteiger partial charge in [-0.05, 0) is 49.6 Å². The number of thioether (sulfide) groups is 2. The van der Waals surface area contributed by atoms with E-state index in [4.69, 9.17) is 9.84 Å². The van der Waals surface area contributed by atoms with Crippen LogP contribution in [0, 0.1) is 11.8 Å². The highest BCUT2D eigenvalue weighted by atomic mass is 32.2. The maximum Gasteiger partial charge on any atom is 0.303 e. The van der Waals surface area contributed by atoms with Crippen molar-refractivity contribution in [1.82, 2.24) is 9.97 Å². The van der Waals surface area contributed by atoms with Crippen LogP contribution in [-0.4, -0.2) is 40.2 Å². The molecule has 0 spiro atoms. The minimum atomic E-state index is -0.800. The SMILES string of the molecule is CSC1(SC)CCOc2ccc(C#CC(CCCC(=O)O)c3ncccn3)cc21. The van der Waals surface area contributed by atoms with Gasteiger partial charge in [0.05, 0.1) is 16.6 Å². The predicted octanol–water partition coefficient (Wildman–Crippen LogP) is 4.53. The fourth-order valence-corrected chi connectivity index (χ4v) is 5.35. The molecular weight excluding hydrogens is 404 g/mol. The minimum Gasteiger partial charge on any atom is -0.493 e. The lowest BCUT2D eigenvalue weighted by Crippen LogP contribution is -2.26. The average molecular weight is 429 g/mol. The van der Waals surface area contributed by atoms with E-state index in [2.05, 4.69) is 40.4 Å². The molecule has 0 saturated carbocycles. The van der Waals surface area contributed by atoms with Gasteiger partial charge in [-0.2, -0.15) is 0 Å². The third kappa shape index (κ3) is 5.26. The molecule has 2 aromatic rings. The first-order valence-corrected chi connectivity index (χ1v) is 11.9. The topological polar surface area (TPSA) is 72.3 Å². The van der Waals surface area contributed by atoms with E-state index in [1.54, 1.807) is 18.5 Å². The van der Waals surface area contributed by atoms with Crippen LogP contribution in [0.1, 0.15) is 48.6 Å². The molecule has 0 amide bonds. The maximum absolute atomic E-state index is 10.9. The molecule has 1 aromatic carbocycles. The van der Waals surface area contributed by atoms with Crippen LogP contribution in [0.4, 0.5) is 0 Å². The lowest BCUT2D eigenvalue weighted by molar-refractivity contribution is -0.137. The summed E-state index contributed by atoms with van der Waals surface area (Å²) in [7, 11) is 0. The van der Waals surface area contributed by atoms with Crippen molar-refractivity contribution in [3.05, 3.63) is 53.6 Å². The van der Waals surface area contributed by atoms with E-state index in [0.717, 1.165) is 24.3 Å². The summed E-state index contributed by atoms with van der Waals surface area (Å²) < 4.78 is 5.84. The number of hydrogen-bond donors (Lipinski definition) is 1. The van der Waals surface area contributed by atoms with E-state index in [-0.39, 0.29) is 16.4 Å². The van der Waals surface area contributed by atoms with Crippen LogP contribution < -0.4 is 4.74 Å². The van der Waals surface area contributed by atoms with Crippen molar-refractivity contribution in [2.24, 2.45) is 0 Å². The van der Waals surface area contributed by atoms with Crippen molar-refractivity contribution in [3.63, 3.8) is 0 Å². The van der Waals surface area contributed by atoms with E-state index in [1.165, 1.54) is 5.56 Å². The van der Waals surface area contributed by atoms with E-state index < -0.39 is 5.97 Å². The third-order valence-corrected chi connectivity index (χ3v) is 8.08. The molecule has 1 N–H and O–H groups in total. The number of carbonyl (C=O) groups is 1. The van der Waals surface area contributed by atoms with Gasteiger partial charge in [-0.15, -0.1) is 23.5 Å². The van der Waals surface area contributed by atoms with Gasteiger partial charge in [0, 0.05) is 36.4 Å². The Balaban J connectivity index is 1.88. The third-order valence-electron chi connectivity index (χ3n) is 4.91. The van der Waals surface area contributed by atoms with Crippen LogP contribution in [0.3, 0.4) is 0 Å². The van der Waals surface area contributed by atoms with Gasteiger partial charge in [0.2, 0.25) is 0 Å². The summed E-state index contributed by atoms with van der Waals surface area (Å²) >= 11 is 3.68. The van der Waals surface area contributed by atoms with Crippen LogP contribution >= 0.6 is 23.5 Å². The number of ether oxygens (including phenoxy) is 1. The Kier molecular flexibility index (Phi) is 7.45. The normalized spacial score (nSPS) is 15.4. The number of carboxylic acids is 1. The number of benzene rings is 1. The molecule has 1 aromatic heterocycles. The van der Waals surface area contributed by atoms with E-state index >= 15 is 0 Å². The zero-order valence-corrected chi connectivity index (χ0v) is 18.2. The monoisotopic (exact) mass is 428 g/mol. The molecule has 7 heteroatoms. The lowest BCUT2D eigenvalue weighted by atomic mass is 9.99.